The van der Waals surface area contributed by atoms with Crippen LogP contribution in [0.15, 0.2) is 73.1 Å². The molecule has 0 saturated heterocycles. The lowest BCUT2D eigenvalue weighted by molar-refractivity contribution is 0.402. The summed E-state index contributed by atoms with van der Waals surface area (Å²) in [6.07, 6.45) is 3.59. The van der Waals surface area contributed by atoms with E-state index in [4.69, 9.17) is 14.8 Å². The minimum Gasteiger partial charge on any atom is -0.497 e. The van der Waals surface area contributed by atoms with Crippen LogP contribution in [0.3, 0.4) is 0 Å². The molecule has 0 N–H and O–H groups in total. The van der Waals surface area contributed by atoms with Gasteiger partial charge in [0.25, 0.3) is 0 Å². The van der Waals surface area contributed by atoms with Gasteiger partial charge < -0.3 is 9.64 Å². The van der Waals surface area contributed by atoms with Gasteiger partial charge in [-0.05, 0) is 67.7 Å². The van der Waals surface area contributed by atoms with E-state index in [0.717, 1.165) is 40.6 Å². The summed E-state index contributed by atoms with van der Waals surface area (Å²) in [5, 5.41) is 4.86. The van der Waals surface area contributed by atoms with Gasteiger partial charge in [0, 0.05) is 30.1 Å². The summed E-state index contributed by atoms with van der Waals surface area (Å²) in [6.45, 7) is 1.49. The molecule has 2 heterocycles. The lowest BCUT2D eigenvalue weighted by Gasteiger charge is -2.09. The molecule has 6 heteroatoms. The maximum atomic E-state index is 5.30. The van der Waals surface area contributed by atoms with Crippen LogP contribution >= 0.6 is 0 Å². The molecule has 152 valence electrons. The molecule has 0 atom stereocenters. The standard InChI is InChI=1S/C24H25N5O/c1-28(2)16-19-5-4-6-21(15-19)23-26-24(20-7-9-22(30-3)10-8-20)29(27-23)17-18-11-13-25-14-12-18/h4-15H,16-17H2,1-3H3. The minimum atomic E-state index is 0.619. The summed E-state index contributed by atoms with van der Waals surface area (Å²) < 4.78 is 7.25. The first-order chi connectivity index (χ1) is 14.6. The van der Waals surface area contributed by atoms with E-state index in [9.17, 15) is 0 Å². The van der Waals surface area contributed by atoms with Crippen molar-refractivity contribution in [1.29, 1.82) is 0 Å². The number of aromatic nitrogens is 4. The van der Waals surface area contributed by atoms with Gasteiger partial charge in [-0.1, -0.05) is 18.2 Å². The van der Waals surface area contributed by atoms with E-state index < -0.39 is 0 Å². The number of benzene rings is 2. The second-order valence-corrected chi connectivity index (χ2v) is 7.44. The van der Waals surface area contributed by atoms with Gasteiger partial charge in [-0.2, -0.15) is 5.10 Å². The molecule has 0 bridgehead atoms. The fraction of sp³-hybridized carbons (Fsp3) is 0.208. The Kier molecular flexibility index (Phi) is 5.86. The van der Waals surface area contributed by atoms with E-state index >= 15 is 0 Å². The van der Waals surface area contributed by atoms with Gasteiger partial charge in [-0.15, -0.1) is 0 Å². The zero-order chi connectivity index (χ0) is 20.9. The van der Waals surface area contributed by atoms with Gasteiger partial charge in [0.2, 0.25) is 0 Å². The molecule has 2 aromatic carbocycles. The highest BCUT2D eigenvalue weighted by molar-refractivity contribution is 5.63. The molecule has 0 aliphatic carbocycles. The second kappa shape index (κ2) is 8.88. The lowest BCUT2D eigenvalue weighted by Crippen LogP contribution is -2.10. The zero-order valence-electron chi connectivity index (χ0n) is 17.5. The van der Waals surface area contributed by atoms with Gasteiger partial charge >= 0.3 is 0 Å². The monoisotopic (exact) mass is 399 g/mol. The largest absolute Gasteiger partial charge is 0.497 e. The third-order valence-corrected chi connectivity index (χ3v) is 4.79. The average Bonchev–Trinajstić information content (AvgIpc) is 3.18. The molecule has 0 spiro atoms. The maximum Gasteiger partial charge on any atom is 0.181 e. The molecule has 30 heavy (non-hydrogen) atoms. The third-order valence-electron chi connectivity index (χ3n) is 4.79. The van der Waals surface area contributed by atoms with Gasteiger partial charge in [0.05, 0.1) is 13.7 Å². The molecule has 2 aromatic heterocycles. The van der Waals surface area contributed by atoms with Crippen molar-refractivity contribution in [3.8, 4) is 28.5 Å². The van der Waals surface area contributed by atoms with Crippen molar-refractivity contribution in [2.24, 2.45) is 0 Å². The quantitative estimate of drug-likeness (QED) is 0.468. The van der Waals surface area contributed by atoms with Crippen molar-refractivity contribution in [3.05, 3.63) is 84.2 Å². The summed E-state index contributed by atoms with van der Waals surface area (Å²) in [4.78, 5) is 11.2. The van der Waals surface area contributed by atoms with Crippen molar-refractivity contribution < 1.29 is 4.74 Å². The Morgan fingerprint density at radius 1 is 0.900 bits per heavy atom. The molecule has 0 aliphatic heterocycles. The van der Waals surface area contributed by atoms with Crippen LogP contribution in [0.5, 0.6) is 5.75 Å². The normalized spacial score (nSPS) is 11.1. The molecular weight excluding hydrogens is 374 g/mol. The van der Waals surface area contributed by atoms with E-state index in [1.807, 2.05) is 41.1 Å². The molecular formula is C24H25N5O. The Labute approximate surface area is 176 Å². The van der Waals surface area contributed by atoms with Crippen molar-refractivity contribution in [2.45, 2.75) is 13.1 Å². The van der Waals surface area contributed by atoms with Crippen LogP contribution in [0.4, 0.5) is 0 Å². The van der Waals surface area contributed by atoms with Crippen LogP contribution in [0.25, 0.3) is 22.8 Å². The van der Waals surface area contributed by atoms with Crippen LogP contribution in [-0.2, 0) is 13.1 Å². The smallest absolute Gasteiger partial charge is 0.181 e. The Bertz CT molecular complexity index is 1100. The number of hydrogen-bond acceptors (Lipinski definition) is 5. The molecule has 4 aromatic rings. The van der Waals surface area contributed by atoms with Crippen LogP contribution < -0.4 is 4.74 Å². The molecule has 0 radical (unpaired) electrons. The Balaban J connectivity index is 1.75. The number of pyridine rings is 1. The van der Waals surface area contributed by atoms with Crippen LogP contribution in [-0.4, -0.2) is 45.9 Å². The molecule has 6 nitrogen and oxygen atoms in total. The van der Waals surface area contributed by atoms with E-state index in [0.29, 0.717) is 6.54 Å². The topological polar surface area (TPSA) is 56.1 Å². The molecule has 0 saturated carbocycles. The highest BCUT2D eigenvalue weighted by Crippen LogP contribution is 2.26. The van der Waals surface area contributed by atoms with E-state index in [1.54, 1.807) is 19.5 Å². The van der Waals surface area contributed by atoms with Crippen molar-refractivity contribution in [1.82, 2.24) is 24.6 Å². The summed E-state index contributed by atoms with van der Waals surface area (Å²) in [5.74, 6) is 2.36. The Hall–Kier alpha value is -3.51. The summed E-state index contributed by atoms with van der Waals surface area (Å²) >= 11 is 0. The second-order valence-electron chi connectivity index (χ2n) is 7.44. The SMILES string of the molecule is COc1ccc(-c2nc(-c3cccc(CN(C)C)c3)nn2Cc2ccncc2)cc1. The van der Waals surface area contributed by atoms with E-state index in [-0.39, 0.29) is 0 Å². The van der Waals surface area contributed by atoms with Crippen LogP contribution in [0, 0.1) is 0 Å². The summed E-state index contributed by atoms with van der Waals surface area (Å²) in [6, 6.07) is 20.3. The van der Waals surface area contributed by atoms with Crippen molar-refractivity contribution in [2.75, 3.05) is 21.2 Å². The van der Waals surface area contributed by atoms with Crippen molar-refractivity contribution in [3.63, 3.8) is 0 Å². The number of ether oxygens (including phenoxy) is 1. The first-order valence-electron chi connectivity index (χ1n) is 9.84. The van der Waals surface area contributed by atoms with Gasteiger partial charge in [-0.3, -0.25) is 4.98 Å². The molecule has 0 aliphatic rings. The van der Waals surface area contributed by atoms with Gasteiger partial charge in [0.15, 0.2) is 11.6 Å². The summed E-state index contributed by atoms with van der Waals surface area (Å²) in [5.41, 5.74) is 4.36. The zero-order valence-corrected chi connectivity index (χ0v) is 17.5. The van der Waals surface area contributed by atoms with Crippen LogP contribution in [0.1, 0.15) is 11.1 Å². The fourth-order valence-electron chi connectivity index (χ4n) is 3.36. The Morgan fingerprint density at radius 3 is 2.37 bits per heavy atom. The maximum absolute atomic E-state index is 5.30. The fourth-order valence-corrected chi connectivity index (χ4v) is 3.36. The molecule has 0 fully saturated rings. The van der Waals surface area contributed by atoms with E-state index in [1.165, 1.54) is 5.56 Å². The summed E-state index contributed by atoms with van der Waals surface area (Å²) in [7, 11) is 5.80. The minimum absolute atomic E-state index is 0.619. The lowest BCUT2D eigenvalue weighted by atomic mass is 10.1. The first-order valence-corrected chi connectivity index (χ1v) is 9.84. The molecule has 4 rings (SSSR count). The van der Waals surface area contributed by atoms with Crippen LogP contribution in [0.2, 0.25) is 0 Å². The van der Waals surface area contributed by atoms with Crippen molar-refractivity contribution >= 4 is 0 Å². The number of nitrogens with zero attached hydrogens (tertiary/aromatic N) is 5. The highest BCUT2D eigenvalue weighted by Gasteiger charge is 2.15. The molecule has 0 unspecified atom stereocenters. The number of rotatable bonds is 7. The molecule has 0 amide bonds. The third kappa shape index (κ3) is 4.55. The highest BCUT2D eigenvalue weighted by atomic mass is 16.5. The van der Waals surface area contributed by atoms with Gasteiger partial charge in [0.1, 0.15) is 5.75 Å². The predicted molar refractivity (Wildman–Crippen MR) is 118 cm³/mol. The average molecular weight is 399 g/mol. The first kappa shape index (κ1) is 19.8. The number of hydrogen-bond donors (Lipinski definition) is 0. The van der Waals surface area contributed by atoms with Gasteiger partial charge in [-0.25, -0.2) is 9.67 Å². The van der Waals surface area contributed by atoms with E-state index in [2.05, 4.69) is 48.2 Å². The Morgan fingerprint density at radius 2 is 1.67 bits per heavy atom. The number of methoxy groups -OCH3 is 1. The predicted octanol–water partition coefficient (Wildman–Crippen LogP) is 4.13.